The van der Waals surface area contributed by atoms with Gasteiger partial charge in [-0.15, -0.1) is 0 Å². The number of hydrogen-bond acceptors (Lipinski definition) is 11. The number of H-pyrrole nitrogens is 1. The summed E-state index contributed by atoms with van der Waals surface area (Å²) < 4.78 is 58.7. The highest BCUT2D eigenvalue weighted by Gasteiger charge is 2.47. The Bertz CT molecular complexity index is 1460. The molecule has 40 heavy (non-hydrogen) atoms. The predicted octanol–water partition coefficient (Wildman–Crippen LogP) is 1.48. The molecule has 6 N–H and O–H groups in total. The second-order valence-electron chi connectivity index (χ2n) is 9.31. The van der Waals surface area contributed by atoms with Gasteiger partial charge in [-0.2, -0.15) is 8.62 Å². The Hall–Kier alpha value is -1.97. The van der Waals surface area contributed by atoms with Gasteiger partial charge >= 0.3 is 29.2 Å². The van der Waals surface area contributed by atoms with Gasteiger partial charge in [0.2, 0.25) is 5.75 Å². The number of aromatic nitrogens is 2. The van der Waals surface area contributed by atoms with Crippen LogP contribution >= 0.6 is 23.5 Å². The van der Waals surface area contributed by atoms with Gasteiger partial charge in [0.15, 0.2) is 0 Å². The molecule has 2 aromatic rings. The summed E-state index contributed by atoms with van der Waals surface area (Å²) >= 11 is 0. The summed E-state index contributed by atoms with van der Waals surface area (Å²) in [6.45, 7) is 4.19. The van der Waals surface area contributed by atoms with E-state index in [0.717, 1.165) is 16.3 Å². The van der Waals surface area contributed by atoms with Crippen molar-refractivity contribution in [2.45, 2.75) is 51.2 Å². The normalized spacial score (nSPS) is 25.3. The molecule has 0 spiro atoms. The van der Waals surface area contributed by atoms with Crippen molar-refractivity contribution in [1.29, 1.82) is 0 Å². The number of phosphoric ester groups is 1. The van der Waals surface area contributed by atoms with Crippen LogP contribution in [0.2, 0.25) is 0 Å². The number of aliphatic hydroxyl groups is 1. The average molecular weight is 630 g/mol. The minimum atomic E-state index is -5.74. The summed E-state index contributed by atoms with van der Waals surface area (Å²) in [7, 11) is -16.8. The van der Waals surface area contributed by atoms with E-state index >= 15 is 0 Å². The van der Waals surface area contributed by atoms with E-state index in [-0.39, 0.29) is 18.1 Å². The van der Waals surface area contributed by atoms with Crippen LogP contribution in [0.5, 0.6) is 5.75 Å². The molecular formula is C20H29N2O15P3. The van der Waals surface area contributed by atoms with Crippen molar-refractivity contribution < 1.29 is 61.0 Å². The van der Waals surface area contributed by atoms with Gasteiger partial charge < -0.3 is 34.2 Å². The Morgan fingerprint density at radius 3 is 2.27 bits per heavy atom. The summed E-state index contributed by atoms with van der Waals surface area (Å²) in [5.74, 6) is -0.306. The summed E-state index contributed by atoms with van der Waals surface area (Å²) in [6.07, 6.45) is -2.57. The van der Waals surface area contributed by atoms with Crippen LogP contribution in [-0.4, -0.2) is 53.0 Å². The molecule has 1 aromatic heterocycles. The monoisotopic (exact) mass is 630 g/mol. The topological polar surface area (TPSA) is 253 Å². The summed E-state index contributed by atoms with van der Waals surface area (Å²) in [5.41, 5.74) is -2.58. The second kappa shape index (κ2) is 12.1. The molecule has 2 heterocycles. The summed E-state index contributed by atoms with van der Waals surface area (Å²) in [6, 6.07) is 9.05. The van der Waals surface area contributed by atoms with E-state index in [4.69, 9.17) is 19.3 Å². The van der Waals surface area contributed by atoms with Crippen molar-refractivity contribution in [3.05, 3.63) is 62.9 Å². The molecule has 1 aromatic carbocycles. The van der Waals surface area contributed by atoms with Crippen LogP contribution in [0, 0.1) is 5.92 Å². The SMILES string of the molecule is CC(C)C(Oc1cn([C@@]2(C)C[C@H](O)[C@@H](COP(=O)(O)OP(=O)(O)OP(=O)(O)O)O2)c(=O)[nH]c1=O)c1ccccc1. The molecule has 0 saturated carbocycles. The molecule has 1 fully saturated rings. The Balaban J connectivity index is 1.79. The fourth-order valence-electron chi connectivity index (χ4n) is 4.00. The highest BCUT2D eigenvalue weighted by molar-refractivity contribution is 7.66. The number of nitrogens with zero attached hydrogens (tertiary/aromatic N) is 1. The third-order valence-electron chi connectivity index (χ3n) is 5.65. The highest BCUT2D eigenvalue weighted by Crippen LogP contribution is 2.66. The van der Waals surface area contributed by atoms with Gasteiger partial charge in [0, 0.05) is 6.42 Å². The van der Waals surface area contributed by atoms with Gasteiger partial charge in [-0.05, 0) is 18.4 Å². The molecule has 1 saturated heterocycles. The van der Waals surface area contributed by atoms with Crippen LogP contribution in [-0.2, 0) is 37.3 Å². The van der Waals surface area contributed by atoms with Gasteiger partial charge in [-0.25, -0.2) is 18.5 Å². The lowest BCUT2D eigenvalue weighted by molar-refractivity contribution is -0.107. The van der Waals surface area contributed by atoms with E-state index in [9.17, 15) is 38.2 Å². The highest BCUT2D eigenvalue weighted by atomic mass is 31.3. The maximum atomic E-state index is 12.7. The second-order valence-corrected chi connectivity index (χ2v) is 13.7. The Morgan fingerprint density at radius 2 is 1.70 bits per heavy atom. The number of benzene rings is 1. The molecule has 3 rings (SSSR count). The van der Waals surface area contributed by atoms with E-state index in [0.29, 0.717) is 0 Å². The third kappa shape index (κ3) is 8.52. The van der Waals surface area contributed by atoms with E-state index in [1.165, 1.54) is 6.92 Å². The lowest BCUT2D eigenvalue weighted by Crippen LogP contribution is -2.42. The van der Waals surface area contributed by atoms with E-state index < -0.39 is 65.4 Å². The standard InChI is InChI=1S/C20H29N2O15P3/c1-12(2)17(13-7-5-4-6-8-13)34-15-10-22(19(25)21-18(15)24)20(3)9-14(23)16(35-20)11-33-39(29,30)37-40(31,32)36-38(26,27)28/h4-8,10,12,14,16-17,23H,9,11H2,1-3H3,(H,29,30)(H,31,32)(H,21,24,25)(H2,26,27,28)/t14-,16+,17?,20+/m0/s1. The van der Waals surface area contributed by atoms with Crippen molar-refractivity contribution >= 4 is 23.5 Å². The fourth-order valence-corrected chi connectivity index (χ4v) is 7.03. The van der Waals surface area contributed by atoms with Gasteiger partial charge in [0.1, 0.15) is 17.9 Å². The van der Waals surface area contributed by atoms with Gasteiger partial charge in [0.05, 0.1) is 18.9 Å². The average Bonchev–Trinajstić information content (AvgIpc) is 3.09. The van der Waals surface area contributed by atoms with E-state index in [2.05, 4.69) is 18.1 Å². The molecule has 6 atom stereocenters. The zero-order valence-electron chi connectivity index (χ0n) is 21.3. The number of phosphoric acid groups is 3. The van der Waals surface area contributed by atoms with Gasteiger partial charge in [-0.1, -0.05) is 44.2 Å². The third-order valence-corrected chi connectivity index (χ3v) is 9.45. The van der Waals surface area contributed by atoms with E-state index in [1.807, 2.05) is 32.0 Å². The molecule has 3 unspecified atom stereocenters. The fraction of sp³-hybridized carbons (Fsp3) is 0.500. The molecule has 0 aliphatic carbocycles. The van der Waals surface area contributed by atoms with Crippen molar-refractivity contribution in [3.63, 3.8) is 0 Å². The quantitative estimate of drug-likeness (QED) is 0.182. The van der Waals surface area contributed by atoms with Crippen LogP contribution in [0.15, 0.2) is 46.1 Å². The number of hydrogen-bond donors (Lipinski definition) is 6. The first kappa shape index (κ1) is 32.5. The van der Waals surface area contributed by atoms with Crippen LogP contribution < -0.4 is 16.0 Å². The molecule has 17 nitrogen and oxygen atoms in total. The minimum absolute atomic E-state index is 0.0819. The summed E-state index contributed by atoms with van der Waals surface area (Å²) in [5, 5.41) is 10.5. The van der Waals surface area contributed by atoms with Crippen molar-refractivity contribution in [2.24, 2.45) is 5.92 Å². The van der Waals surface area contributed by atoms with Crippen LogP contribution in [0.3, 0.4) is 0 Å². The maximum absolute atomic E-state index is 12.7. The number of aromatic amines is 1. The van der Waals surface area contributed by atoms with Gasteiger partial charge in [0.25, 0.3) is 5.56 Å². The number of ether oxygens (including phenoxy) is 2. The van der Waals surface area contributed by atoms with Crippen molar-refractivity contribution in [3.8, 4) is 5.75 Å². The van der Waals surface area contributed by atoms with Crippen LogP contribution in [0.1, 0.15) is 38.9 Å². The molecular weight excluding hydrogens is 601 g/mol. The predicted molar refractivity (Wildman–Crippen MR) is 135 cm³/mol. The van der Waals surface area contributed by atoms with Gasteiger partial charge in [-0.3, -0.25) is 18.9 Å². The van der Waals surface area contributed by atoms with Crippen LogP contribution in [0.25, 0.3) is 0 Å². The minimum Gasteiger partial charge on any atom is -0.478 e. The largest absolute Gasteiger partial charge is 0.490 e. The molecule has 224 valence electrons. The lowest BCUT2D eigenvalue weighted by Gasteiger charge is -2.28. The number of nitrogens with one attached hydrogen (secondary N) is 1. The van der Waals surface area contributed by atoms with E-state index in [1.54, 1.807) is 12.1 Å². The smallest absolute Gasteiger partial charge is 0.478 e. The van der Waals surface area contributed by atoms with Crippen LogP contribution in [0.4, 0.5) is 0 Å². The number of rotatable bonds is 12. The molecule has 0 radical (unpaired) electrons. The molecule has 0 bridgehead atoms. The Morgan fingerprint density at radius 1 is 1.07 bits per heavy atom. The Labute approximate surface area is 226 Å². The zero-order chi connectivity index (χ0) is 30.1. The van der Waals surface area contributed by atoms with Crippen molar-refractivity contribution in [1.82, 2.24) is 9.55 Å². The summed E-state index contributed by atoms with van der Waals surface area (Å²) in [4.78, 5) is 63.5. The van der Waals surface area contributed by atoms with Crippen molar-refractivity contribution in [2.75, 3.05) is 6.61 Å². The molecule has 0 amide bonds. The lowest BCUT2D eigenvalue weighted by atomic mass is 9.99. The molecule has 1 aliphatic heterocycles. The zero-order valence-corrected chi connectivity index (χ0v) is 24.0. The molecule has 20 heteroatoms. The first-order valence-corrected chi connectivity index (χ1v) is 16.1. The Kier molecular flexibility index (Phi) is 9.84. The number of aliphatic hydroxyl groups excluding tert-OH is 1. The first-order valence-electron chi connectivity index (χ1n) is 11.5. The molecule has 1 aliphatic rings. The first-order chi connectivity index (χ1) is 18.3. The maximum Gasteiger partial charge on any atom is 0.490 e.